The van der Waals surface area contributed by atoms with Crippen molar-refractivity contribution in [2.45, 2.75) is 31.4 Å². The van der Waals surface area contributed by atoms with Crippen LogP contribution in [0.2, 0.25) is 0 Å². The highest BCUT2D eigenvalue weighted by Crippen LogP contribution is 2.26. The summed E-state index contributed by atoms with van der Waals surface area (Å²) in [5.74, 6) is -1.68. The van der Waals surface area contributed by atoms with Gasteiger partial charge in [0.05, 0.1) is 13.7 Å². The summed E-state index contributed by atoms with van der Waals surface area (Å²) in [5.41, 5.74) is 0.434. The van der Waals surface area contributed by atoms with Crippen LogP contribution < -0.4 is 4.74 Å². The van der Waals surface area contributed by atoms with Crippen LogP contribution in [0.25, 0.3) is 0 Å². The molecule has 0 unspecified atom stereocenters. The lowest BCUT2D eigenvalue weighted by molar-refractivity contribution is -0.150. The maximum Gasteiger partial charge on any atom is 0.328 e. The first-order chi connectivity index (χ1) is 13.5. The first kappa shape index (κ1) is 19.8. The summed E-state index contributed by atoms with van der Waals surface area (Å²) < 4.78 is 38.1. The molecule has 1 amide bonds. The Balaban J connectivity index is 1.68. The highest BCUT2D eigenvalue weighted by molar-refractivity contribution is 5.85. The van der Waals surface area contributed by atoms with Gasteiger partial charge in [-0.25, -0.2) is 13.6 Å². The molecule has 1 saturated heterocycles. The van der Waals surface area contributed by atoms with Gasteiger partial charge in [0.1, 0.15) is 18.0 Å². The van der Waals surface area contributed by atoms with E-state index in [0.717, 1.165) is 0 Å². The molecule has 2 aromatic rings. The molecule has 0 saturated carbocycles. The van der Waals surface area contributed by atoms with Gasteiger partial charge in [-0.05, 0) is 30.2 Å². The quantitative estimate of drug-likeness (QED) is 0.713. The van der Waals surface area contributed by atoms with Gasteiger partial charge in [-0.2, -0.15) is 0 Å². The zero-order valence-electron chi connectivity index (χ0n) is 15.4. The summed E-state index contributed by atoms with van der Waals surface area (Å²) in [4.78, 5) is 26.2. The molecule has 1 heterocycles. The van der Waals surface area contributed by atoms with Crippen LogP contribution in [-0.2, 0) is 20.7 Å². The number of esters is 1. The maximum atomic E-state index is 13.8. The molecule has 0 N–H and O–H groups in total. The van der Waals surface area contributed by atoms with Crippen LogP contribution in [0.3, 0.4) is 0 Å². The van der Waals surface area contributed by atoms with E-state index in [1.807, 2.05) is 0 Å². The average Bonchev–Trinajstić information content (AvgIpc) is 3.12. The van der Waals surface area contributed by atoms with E-state index in [4.69, 9.17) is 9.47 Å². The molecule has 1 fully saturated rings. The minimum absolute atomic E-state index is 0.0425. The fraction of sp³-hybridized carbons (Fsp3) is 0.333. The van der Waals surface area contributed by atoms with E-state index in [1.165, 1.54) is 30.2 Å². The topological polar surface area (TPSA) is 55.8 Å². The van der Waals surface area contributed by atoms with Gasteiger partial charge in [-0.15, -0.1) is 0 Å². The number of amides is 1. The second-order valence-electron chi connectivity index (χ2n) is 6.58. The molecule has 1 aliphatic heterocycles. The van der Waals surface area contributed by atoms with Crippen LogP contribution in [-0.4, -0.2) is 42.6 Å². The highest BCUT2D eigenvalue weighted by atomic mass is 19.1. The smallest absolute Gasteiger partial charge is 0.328 e. The lowest BCUT2D eigenvalue weighted by Crippen LogP contribution is -2.41. The molecule has 2 aromatic carbocycles. The van der Waals surface area contributed by atoms with Gasteiger partial charge in [0.15, 0.2) is 11.6 Å². The van der Waals surface area contributed by atoms with Gasteiger partial charge in [0, 0.05) is 12.8 Å². The molecule has 2 atom stereocenters. The number of likely N-dealkylation sites (tertiary alicyclic amines) is 1. The first-order valence-electron chi connectivity index (χ1n) is 9.01. The number of hydrogen-bond donors (Lipinski definition) is 0. The Morgan fingerprint density at radius 3 is 2.43 bits per heavy atom. The van der Waals surface area contributed by atoms with Gasteiger partial charge >= 0.3 is 5.97 Å². The minimum atomic E-state index is -0.810. The molecule has 5 nitrogen and oxygen atoms in total. The summed E-state index contributed by atoms with van der Waals surface area (Å²) >= 11 is 0. The second kappa shape index (κ2) is 8.82. The third-order valence-electron chi connectivity index (χ3n) is 4.75. The molecule has 0 aliphatic carbocycles. The van der Waals surface area contributed by atoms with E-state index >= 15 is 0 Å². The monoisotopic (exact) mass is 389 g/mol. The Morgan fingerprint density at radius 1 is 1.07 bits per heavy atom. The van der Waals surface area contributed by atoms with E-state index in [1.54, 1.807) is 30.3 Å². The number of hydrogen-bond acceptors (Lipinski definition) is 4. The number of benzene rings is 2. The Morgan fingerprint density at radius 2 is 1.75 bits per heavy atom. The second-order valence-corrected chi connectivity index (χ2v) is 6.58. The number of nitrogens with zero attached hydrogens (tertiary/aromatic N) is 1. The van der Waals surface area contributed by atoms with Crippen LogP contribution in [0.4, 0.5) is 8.78 Å². The van der Waals surface area contributed by atoms with Crippen molar-refractivity contribution in [3.05, 3.63) is 65.7 Å². The van der Waals surface area contributed by atoms with Gasteiger partial charge < -0.3 is 14.4 Å². The van der Waals surface area contributed by atoms with Crippen molar-refractivity contribution in [1.82, 2.24) is 4.90 Å². The number of methoxy groups -OCH3 is 1. The van der Waals surface area contributed by atoms with Crippen molar-refractivity contribution in [3.63, 3.8) is 0 Å². The predicted molar refractivity (Wildman–Crippen MR) is 97.7 cm³/mol. The number of rotatable bonds is 6. The predicted octanol–water partition coefficient (Wildman–Crippen LogP) is 3.12. The molecule has 0 aromatic heterocycles. The Labute approximate surface area is 161 Å². The fourth-order valence-corrected chi connectivity index (χ4v) is 3.32. The molecule has 0 spiro atoms. The van der Waals surface area contributed by atoms with Crippen LogP contribution in [0.1, 0.15) is 18.4 Å². The number of carbonyl (C=O) groups excluding carboxylic acids is 2. The van der Waals surface area contributed by atoms with Gasteiger partial charge in [-0.3, -0.25) is 4.79 Å². The molecule has 1 aliphatic rings. The summed E-state index contributed by atoms with van der Waals surface area (Å²) in [6, 6.07) is 11.4. The Kier molecular flexibility index (Phi) is 6.23. The lowest BCUT2D eigenvalue weighted by Gasteiger charge is -2.22. The zero-order valence-corrected chi connectivity index (χ0v) is 15.4. The van der Waals surface area contributed by atoms with E-state index in [-0.39, 0.29) is 43.3 Å². The van der Waals surface area contributed by atoms with E-state index in [9.17, 15) is 18.4 Å². The molecule has 7 heteroatoms. The third-order valence-corrected chi connectivity index (χ3v) is 4.75. The third kappa shape index (κ3) is 4.47. The van der Waals surface area contributed by atoms with Crippen molar-refractivity contribution in [1.29, 1.82) is 0 Å². The Bertz CT molecular complexity index is 858. The number of halogens is 2. The highest BCUT2D eigenvalue weighted by Gasteiger charge is 2.41. The van der Waals surface area contributed by atoms with Crippen molar-refractivity contribution in [3.8, 4) is 5.75 Å². The largest absolute Gasteiger partial charge is 0.485 e. The number of aryl methyl sites for hydroxylation is 1. The van der Waals surface area contributed by atoms with Crippen LogP contribution in [0.5, 0.6) is 5.75 Å². The summed E-state index contributed by atoms with van der Waals surface area (Å²) in [6.45, 7) is 0.129. The molecule has 3 rings (SSSR count). The van der Waals surface area contributed by atoms with E-state index in [2.05, 4.69) is 0 Å². The van der Waals surface area contributed by atoms with Crippen LogP contribution >= 0.6 is 0 Å². The van der Waals surface area contributed by atoms with Gasteiger partial charge in [0.25, 0.3) is 0 Å². The first-order valence-corrected chi connectivity index (χ1v) is 9.01. The average molecular weight is 389 g/mol. The molecule has 28 heavy (non-hydrogen) atoms. The zero-order chi connectivity index (χ0) is 20.1. The summed E-state index contributed by atoms with van der Waals surface area (Å²) in [6.07, 6.45) is -0.0828. The summed E-state index contributed by atoms with van der Waals surface area (Å²) in [5, 5.41) is 0. The SMILES string of the molecule is COC(=O)[C@@H]1C[C@@H](Oc2ccccc2F)CN1C(=O)CCc1ccccc1F. The molecule has 0 radical (unpaired) electrons. The molecular weight excluding hydrogens is 368 g/mol. The van der Waals surface area contributed by atoms with Gasteiger partial charge in [-0.1, -0.05) is 30.3 Å². The van der Waals surface area contributed by atoms with E-state index in [0.29, 0.717) is 5.56 Å². The van der Waals surface area contributed by atoms with Crippen LogP contribution in [0.15, 0.2) is 48.5 Å². The standard InChI is InChI=1S/C21H21F2NO4/c1-27-21(26)18-12-15(28-19-9-5-4-8-17(19)23)13-24(18)20(25)11-10-14-6-2-3-7-16(14)22/h2-9,15,18H,10-13H2,1H3/t15-,18+/m1/s1. The Hall–Kier alpha value is -2.96. The van der Waals surface area contributed by atoms with Crippen molar-refractivity contribution in [2.24, 2.45) is 0 Å². The molecule has 148 valence electrons. The normalized spacial score (nSPS) is 18.8. The van der Waals surface area contributed by atoms with Crippen molar-refractivity contribution in [2.75, 3.05) is 13.7 Å². The number of ether oxygens (including phenoxy) is 2. The molecular formula is C21H21F2NO4. The molecule has 0 bridgehead atoms. The van der Waals surface area contributed by atoms with Crippen molar-refractivity contribution >= 4 is 11.9 Å². The van der Waals surface area contributed by atoms with Gasteiger partial charge in [0.2, 0.25) is 5.91 Å². The number of carbonyl (C=O) groups is 2. The van der Waals surface area contributed by atoms with Crippen LogP contribution in [0, 0.1) is 11.6 Å². The van der Waals surface area contributed by atoms with Crippen molar-refractivity contribution < 1.29 is 27.8 Å². The van der Waals surface area contributed by atoms with E-state index < -0.39 is 23.9 Å². The number of para-hydroxylation sites is 1. The fourth-order valence-electron chi connectivity index (χ4n) is 3.32. The minimum Gasteiger partial charge on any atom is -0.485 e. The maximum absolute atomic E-state index is 13.8. The summed E-state index contributed by atoms with van der Waals surface area (Å²) in [7, 11) is 1.25. The lowest BCUT2D eigenvalue weighted by atomic mass is 10.1.